The highest BCUT2D eigenvalue weighted by Gasteiger charge is 2.31. The fourth-order valence-corrected chi connectivity index (χ4v) is 5.05. The quantitative estimate of drug-likeness (QED) is 0.665. The number of hydrogen-bond donors (Lipinski definition) is 2. The van der Waals surface area contributed by atoms with E-state index in [1.165, 1.54) is 16.4 Å². The van der Waals surface area contributed by atoms with Crippen LogP contribution in [0.1, 0.15) is 25.5 Å². The average Bonchev–Trinajstić information content (AvgIpc) is 3.09. The van der Waals surface area contributed by atoms with Gasteiger partial charge in [-0.15, -0.1) is 4.09 Å². The van der Waals surface area contributed by atoms with Crippen LogP contribution in [0.3, 0.4) is 0 Å². The van der Waals surface area contributed by atoms with Crippen molar-refractivity contribution in [2.24, 2.45) is 0 Å². The number of anilines is 2. The van der Waals surface area contributed by atoms with Crippen molar-refractivity contribution in [3.05, 3.63) is 54.0 Å². The van der Waals surface area contributed by atoms with Gasteiger partial charge in [0, 0.05) is 29.9 Å². The number of aliphatic hydroxyl groups is 1. The summed E-state index contributed by atoms with van der Waals surface area (Å²) in [6.45, 7) is 2.48. The molecule has 9 heteroatoms. The summed E-state index contributed by atoms with van der Waals surface area (Å²) < 4.78 is 41.9. The van der Waals surface area contributed by atoms with E-state index in [0.717, 1.165) is 20.8 Å². The summed E-state index contributed by atoms with van der Waals surface area (Å²) in [7, 11) is -3.81. The Morgan fingerprint density at radius 3 is 2.45 bits per heavy atom. The molecule has 154 valence electrons. The fraction of sp³-hybridized carbons (Fsp3) is 0.350. The molecule has 1 aliphatic rings. The smallest absolute Gasteiger partial charge is 0.323 e. The monoisotopic (exact) mass is 418 g/mol. The van der Waals surface area contributed by atoms with Crippen molar-refractivity contribution < 1.29 is 17.9 Å². The normalized spacial score (nSPS) is 16.4. The van der Waals surface area contributed by atoms with E-state index in [0.29, 0.717) is 30.5 Å². The maximum atomic E-state index is 13.1. The Hall–Kier alpha value is -2.49. The second-order valence-electron chi connectivity index (χ2n) is 7.15. The van der Waals surface area contributed by atoms with E-state index < -0.39 is 16.3 Å². The number of rotatable bonds is 5. The molecule has 0 aliphatic carbocycles. The Bertz CT molecular complexity index is 1120. The second-order valence-corrected chi connectivity index (χ2v) is 8.90. The fourth-order valence-electron chi connectivity index (χ4n) is 3.55. The number of halogens is 1. The zero-order chi connectivity index (χ0) is 20.6. The van der Waals surface area contributed by atoms with Gasteiger partial charge in [-0.2, -0.15) is 17.8 Å². The Balaban J connectivity index is 1.70. The van der Waals surface area contributed by atoms with Crippen LogP contribution in [0.5, 0.6) is 0 Å². The Labute approximate surface area is 168 Å². The lowest BCUT2D eigenvalue weighted by Crippen LogP contribution is -2.43. The van der Waals surface area contributed by atoms with Crippen LogP contribution in [0.25, 0.3) is 10.9 Å². The third-order valence-electron chi connectivity index (χ3n) is 5.16. The number of benzene rings is 2. The van der Waals surface area contributed by atoms with E-state index in [-0.39, 0.29) is 18.9 Å². The molecule has 7 nitrogen and oxygen atoms in total. The van der Waals surface area contributed by atoms with E-state index in [1.807, 2.05) is 13.0 Å². The summed E-state index contributed by atoms with van der Waals surface area (Å²) in [5, 5.41) is 18.0. The largest absolute Gasteiger partial charge is 0.393 e. The third-order valence-corrected chi connectivity index (χ3v) is 6.89. The predicted octanol–water partition coefficient (Wildman–Crippen LogP) is 3.03. The molecular weight excluding hydrogens is 395 g/mol. The van der Waals surface area contributed by atoms with Crippen LogP contribution in [0, 0.1) is 5.82 Å². The van der Waals surface area contributed by atoms with E-state index in [2.05, 4.69) is 10.4 Å². The maximum absolute atomic E-state index is 13.1. The van der Waals surface area contributed by atoms with Crippen molar-refractivity contribution in [1.82, 2.24) is 13.5 Å². The summed E-state index contributed by atoms with van der Waals surface area (Å²) >= 11 is 0. The maximum Gasteiger partial charge on any atom is 0.323 e. The molecule has 3 aromatic rings. The molecule has 29 heavy (non-hydrogen) atoms. The lowest BCUT2D eigenvalue weighted by molar-refractivity contribution is 0.112. The summed E-state index contributed by atoms with van der Waals surface area (Å²) in [4.78, 5) is 0. The lowest BCUT2D eigenvalue weighted by atomic mass is 10.1. The number of aromatic nitrogens is 2. The molecule has 1 fully saturated rings. The zero-order valence-electron chi connectivity index (χ0n) is 16.0. The van der Waals surface area contributed by atoms with Gasteiger partial charge in [-0.05, 0) is 61.7 Å². The molecule has 2 heterocycles. The van der Waals surface area contributed by atoms with Crippen molar-refractivity contribution in [1.29, 1.82) is 0 Å². The van der Waals surface area contributed by atoms with Gasteiger partial charge in [0.2, 0.25) is 0 Å². The molecule has 0 unspecified atom stereocenters. The average molecular weight is 418 g/mol. The standard InChI is InChI=1S/C20H23FN4O3S/c1-2-19-18-13-16(22-15-5-3-14(21)4-6-15)7-8-20(18)25(23-19)29(27,28)24-11-9-17(26)10-12-24/h3-8,13,17,22,26H,2,9-12H2,1H3. The minimum absolute atomic E-state index is 0.274. The minimum Gasteiger partial charge on any atom is -0.393 e. The molecular formula is C20H23FN4O3S. The Morgan fingerprint density at radius 2 is 1.79 bits per heavy atom. The highest BCUT2D eigenvalue weighted by atomic mass is 32.2. The second kappa shape index (κ2) is 7.74. The number of nitrogens with zero attached hydrogens (tertiary/aromatic N) is 3. The highest BCUT2D eigenvalue weighted by molar-refractivity contribution is 7.87. The van der Waals surface area contributed by atoms with Gasteiger partial charge < -0.3 is 10.4 Å². The number of aryl methyl sites for hydroxylation is 1. The number of fused-ring (bicyclic) bond motifs is 1. The summed E-state index contributed by atoms with van der Waals surface area (Å²) in [6, 6.07) is 11.4. The zero-order valence-corrected chi connectivity index (χ0v) is 16.9. The number of aliphatic hydroxyl groups excluding tert-OH is 1. The molecule has 0 amide bonds. The molecule has 1 saturated heterocycles. The first-order valence-corrected chi connectivity index (χ1v) is 11.0. The Morgan fingerprint density at radius 1 is 1.14 bits per heavy atom. The van der Waals surface area contributed by atoms with Crippen molar-refractivity contribution in [3.63, 3.8) is 0 Å². The van der Waals surface area contributed by atoms with Crippen molar-refractivity contribution in [2.45, 2.75) is 32.3 Å². The number of piperidine rings is 1. The number of nitrogens with one attached hydrogen (secondary N) is 1. The highest BCUT2D eigenvalue weighted by Crippen LogP contribution is 2.28. The van der Waals surface area contributed by atoms with Gasteiger partial charge in [-0.25, -0.2) is 4.39 Å². The first-order valence-electron chi connectivity index (χ1n) is 9.61. The molecule has 1 aliphatic heterocycles. The third kappa shape index (κ3) is 3.85. The van der Waals surface area contributed by atoms with Crippen LogP contribution in [0.4, 0.5) is 15.8 Å². The molecule has 0 saturated carbocycles. The Kier molecular flexibility index (Phi) is 5.28. The van der Waals surface area contributed by atoms with Gasteiger partial charge in [-0.1, -0.05) is 6.92 Å². The van der Waals surface area contributed by atoms with E-state index in [1.54, 1.807) is 24.3 Å². The van der Waals surface area contributed by atoms with E-state index in [4.69, 9.17) is 0 Å². The first kappa shape index (κ1) is 19.8. The SMILES string of the molecule is CCc1nn(S(=O)(=O)N2CCC(O)CC2)c2ccc(Nc3ccc(F)cc3)cc12. The molecule has 2 aromatic carbocycles. The van der Waals surface area contributed by atoms with Crippen LogP contribution in [-0.2, 0) is 16.6 Å². The molecule has 0 radical (unpaired) electrons. The van der Waals surface area contributed by atoms with Gasteiger partial charge >= 0.3 is 10.2 Å². The van der Waals surface area contributed by atoms with Crippen LogP contribution in [0.2, 0.25) is 0 Å². The van der Waals surface area contributed by atoms with Crippen molar-refractivity contribution in [3.8, 4) is 0 Å². The van der Waals surface area contributed by atoms with Gasteiger partial charge in [0.05, 0.1) is 17.3 Å². The summed E-state index contributed by atoms with van der Waals surface area (Å²) in [5.41, 5.74) is 2.69. The van der Waals surface area contributed by atoms with Crippen molar-refractivity contribution in [2.75, 3.05) is 18.4 Å². The minimum atomic E-state index is -3.81. The van der Waals surface area contributed by atoms with Crippen LogP contribution < -0.4 is 5.32 Å². The summed E-state index contributed by atoms with van der Waals surface area (Å²) in [5.74, 6) is -0.309. The van der Waals surface area contributed by atoms with Crippen LogP contribution >= 0.6 is 0 Å². The van der Waals surface area contributed by atoms with Gasteiger partial charge in [0.15, 0.2) is 0 Å². The first-order chi connectivity index (χ1) is 13.9. The van der Waals surface area contributed by atoms with Gasteiger partial charge in [0.1, 0.15) is 5.82 Å². The number of hydrogen-bond acceptors (Lipinski definition) is 5. The van der Waals surface area contributed by atoms with Crippen molar-refractivity contribution >= 4 is 32.5 Å². The lowest BCUT2D eigenvalue weighted by Gasteiger charge is -2.28. The van der Waals surface area contributed by atoms with Crippen LogP contribution in [-0.4, -0.2) is 46.2 Å². The van der Waals surface area contributed by atoms with Crippen LogP contribution in [0.15, 0.2) is 42.5 Å². The molecule has 2 N–H and O–H groups in total. The molecule has 1 aromatic heterocycles. The predicted molar refractivity (Wildman–Crippen MR) is 110 cm³/mol. The molecule has 0 atom stereocenters. The van der Waals surface area contributed by atoms with E-state index >= 15 is 0 Å². The van der Waals surface area contributed by atoms with E-state index in [9.17, 15) is 17.9 Å². The molecule has 0 spiro atoms. The summed E-state index contributed by atoms with van der Waals surface area (Å²) in [6.07, 6.45) is 0.968. The topological polar surface area (TPSA) is 87.5 Å². The van der Waals surface area contributed by atoms with Gasteiger partial charge in [-0.3, -0.25) is 0 Å². The molecule has 0 bridgehead atoms. The van der Waals surface area contributed by atoms with Gasteiger partial charge in [0.25, 0.3) is 0 Å². The molecule has 4 rings (SSSR count).